The number of piperidine rings is 1. The summed E-state index contributed by atoms with van der Waals surface area (Å²) in [6.45, 7) is 3.33. The molecule has 2 fully saturated rings. The molecule has 4 rings (SSSR count). The van der Waals surface area contributed by atoms with Gasteiger partial charge in [-0.1, -0.05) is 0 Å². The Hall–Kier alpha value is -1.46. The molecule has 0 radical (unpaired) electrons. The minimum Gasteiger partial charge on any atom is -0.348 e. The number of nitrogens with one attached hydrogen (secondary N) is 1. The van der Waals surface area contributed by atoms with E-state index in [2.05, 4.69) is 15.6 Å². The zero-order valence-corrected chi connectivity index (χ0v) is 12.6. The van der Waals surface area contributed by atoms with Crippen molar-refractivity contribution in [3.63, 3.8) is 0 Å². The van der Waals surface area contributed by atoms with Gasteiger partial charge in [0.25, 0.3) is 0 Å². The van der Waals surface area contributed by atoms with Crippen molar-refractivity contribution in [1.29, 1.82) is 0 Å². The summed E-state index contributed by atoms with van der Waals surface area (Å²) < 4.78 is 13.0. The van der Waals surface area contributed by atoms with Crippen LogP contribution in [0.15, 0.2) is 29.6 Å². The van der Waals surface area contributed by atoms with Gasteiger partial charge in [0.15, 0.2) is 5.13 Å². The smallest absolute Gasteiger partial charge is 0.185 e. The maximum Gasteiger partial charge on any atom is 0.185 e. The molecule has 110 valence electrons. The number of hydrogen-bond donors (Lipinski definition) is 1. The number of fused-ring (bicyclic) bond motifs is 1. The molecule has 2 aromatic rings. The van der Waals surface area contributed by atoms with Crippen molar-refractivity contribution < 1.29 is 4.39 Å². The molecule has 0 amide bonds. The van der Waals surface area contributed by atoms with Crippen molar-refractivity contribution in [2.45, 2.75) is 18.9 Å². The lowest BCUT2D eigenvalue weighted by molar-refractivity contribution is 0.376. The van der Waals surface area contributed by atoms with Gasteiger partial charge in [-0.3, -0.25) is 0 Å². The number of aromatic nitrogens is 1. The van der Waals surface area contributed by atoms with Crippen LogP contribution in [0.2, 0.25) is 0 Å². The first kappa shape index (κ1) is 13.2. The fourth-order valence-electron chi connectivity index (χ4n) is 3.38. The van der Waals surface area contributed by atoms with E-state index in [9.17, 15) is 4.39 Å². The Morgan fingerprint density at radius 1 is 1.24 bits per heavy atom. The Bertz CT molecular complexity index is 625. The summed E-state index contributed by atoms with van der Waals surface area (Å²) in [5, 5.41) is 6.76. The lowest BCUT2D eigenvalue weighted by atomic mass is 9.94. The molecule has 1 aromatic carbocycles. The topological polar surface area (TPSA) is 28.2 Å². The fraction of sp³-hybridized carbons (Fsp3) is 0.438. The molecule has 2 aliphatic heterocycles. The first-order chi connectivity index (χ1) is 10.3. The molecular formula is C16H18FN3S. The van der Waals surface area contributed by atoms with Gasteiger partial charge in [-0.25, -0.2) is 9.37 Å². The number of thiazole rings is 1. The van der Waals surface area contributed by atoms with E-state index in [1.165, 1.54) is 25.0 Å². The average Bonchev–Trinajstić information content (AvgIpc) is 3.16. The maximum absolute atomic E-state index is 13.0. The van der Waals surface area contributed by atoms with Crippen LogP contribution in [0.25, 0.3) is 11.3 Å². The minimum absolute atomic E-state index is 0.204. The van der Waals surface area contributed by atoms with E-state index in [0.717, 1.165) is 41.9 Å². The fourth-order valence-corrected chi connectivity index (χ4v) is 4.26. The van der Waals surface area contributed by atoms with Crippen molar-refractivity contribution in [2.75, 3.05) is 24.5 Å². The second-order valence-corrected chi connectivity index (χ2v) is 6.70. The number of halogens is 1. The molecule has 5 heteroatoms. The van der Waals surface area contributed by atoms with Gasteiger partial charge in [-0.2, -0.15) is 0 Å². The monoisotopic (exact) mass is 303 g/mol. The number of nitrogens with zero attached hydrogens (tertiary/aromatic N) is 2. The Kier molecular flexibility index (Phi) is 3.39. The van der Waals surface area contributed by atoms with Crippen LogP contribution in [0, 0.1) is 11.7 Å². The summed E-state index contributed by atoms with van der Waals surface area (Å²) in [7, 11) is 0. The highest BCUT2D eigenvalue weighted by Crippen LogP contribution is 2.32. The van der Waals surface area contributed by atoms with Crippen LogP contribution in [0.4, 0.5) is 9.52 Å². The van der Waals surface area contributed by atoms with Crippen molar-refractivity contribution in [1.82, 2.24) is 10.3 Å². The molecular weight excluding hydrogens is 285 g/mol. The first-order valence-corrected chi connectivity index (χ1v) is 8.37. The quantitative estimate of drug-likeness (QED) is 0.924. The molecule has 0 saturated carbocycles. The summed E-state index contributed by atoms with van der Waals surface area (Å²) in [5.74, 6) is 0.557. The van der Waals surface area contributed by atoms with Crippen molar-refractivity contribution in [2.24, 2.45) is 5.92 Å². The van der Waals surface area contributed by atoms with Crippen molar-refractivity contribution in [3.05, 3.63) is 35.5 Å². The van der Waals surface area contributed by atoms with Gasteiger partial charge in [0.2, 0.25) is 0 Å². The largest absolute Gasteiger partial charge is 0.348 e. The molecule has 21 heavy (non-hydrogen) atoms. The predicted octanol–water partition coefficient (Wildman–Crippen LogP) is 3.14. The van der Waals surface area contributed by atoms with Gasteiger partial charge in [0, 0.05) is 30.1 Å². The van der Waals surface area contributed by atoms with E-state index in [0.29, 0.717) is 6.04 Å². The van der Waals surface area contributed by atoms with Crippen LogP contribution in [0.1, 0.15) is 12.8 Å². The van der Waals surface area contributed by atoms with E-state index < -0.39 is 0 Å². The molecule has 1 N–H and O–H groups in total. The average molecular weight is 303 g/mol. The molecule has 3 heterocycles. The zero-order valence-electron chi connectivity index (χ0n) is 11.8. The van der Waals surface area contributed by atoms with E-state index in [4.69, 9.17) is 4.98 Å². The predicted molar refractivity (Wildman–Crippen MR) is 84.2 cm³/mol. The number of hydrogen-bond acceptors (Lipinski definition) is 4. The highest BCUT2D eigenvalue weighted by molar-refractivity contribution is 7.14. The lowest BCUT2D eigenvalue weighted by Crippen LogP contribution is -2.44. The van der Waals surface area contributed by atoms with Crippen LogP contribution in [-0.2, 0) is 0 Å². The zero-order chi connectivity index (χ0) is 14.2. The SMILES string of the molecule is Fc1ccc(-c2csc(N3CC[C@@H]4NCC[C@@H]4C3)n2)cc1. The van der Waals surface area contributed by atoms with Crippen LogP contribution < -0.4 is 10.2 Å². The molecule has 0 unspecified atom stereocenters. The van der Waals surface area contributed by atoms with E-state index in [1.807, 2.05) is 0 Å². The Morgan fingerprint density at radius 3 is 2.95 bits per heavy atom. The Labute approximate surface area is 127 Å². The number of rotatable bonds is 2. The normalized spacial score (nSPS) is 25.1. The van der Waals surface area contributed by atoms with Gasteiger partial charge in [-0.05, 0) is 49.6 Å². The highest BCUT2D eigenvalue weighted by Gasteiger charge is 2.33. The first-order valence-electron chi connectivity index (χ1n) is 7.49. The second-order valence-electron chi connectivity index (χ2n) is 5.87. The van der Waals surface area contributed by atoms with Crippen LogP contribution in [0.3, 0.4) is 0 Å². The van der Waals surface area contributed by atoms with Gasteiger partial charge in [-0.15, -0.1) is 11.3 Å². The van der Waals surface area contributed by atoms with Crippen LogP contribution in [0.5, 0.6) is 0 Å². The molecule has 0 bridgehead atoms. The van der Waals surface area contributed by atoms with Crippen LogP contribution in [-0.4, -0.2) is 30.7 Å². The summed E-state index contributed by atoms with van der Waals surface area (Å²) in [5.41, 5.74) is 1.93. The second kappa shape index (κ2) is 5.39. The molecule has 2 aliphatic rings. The summed E-state index contributed by atoms with van der Waals surface area (Å²) in [6, 6.07) is 7.27. The summed E-state index contributed by atoms with van der Waals surface area (Å²) >= 11 is 1.69. The van der Waals surface area contributed by atoms with Crippen molar-refractivity contribution >= 4 is 16.5 Å². The third-order valence-electron chi connectivity index (χ3n) is 4.56. The van der Waals surface area contributed by atoms with Gasteiger partial charge in [0.1, 0.15) is 5.82 Å². The van der Waals surface area contributed by atoms with E-state index >= 15 is 0 Å². The molecule has 3 nitrogen and oxygen atoms in total. The number of benzene rings is 1. The van der Waals surface area contributed by atoms with Gasteiger partial charge >= 0.3 is 0 Å². The van der Waals surface area contributed by atoms with E-state index in [1.54, 1.807) is 23.5 Å². The maximum atomic E-state index is 13.0. The molecule has 2 atom stereocenters. The van der Waals surface area contributed by atoms with E-state index in [-0.39, 0.29) is 5.82 Å². The van der Waals surface area contributed by atoms with Crippen LogP contribution >= 0.6 is 11.3 Å². The molecule has 0 aliphatic carbocycles. The summed E-state index contributed by atoms with van der Waals surface area (Å²) in [6.07, 6.45) is 2.48. The Balaban J connectivity index is 1.53. The molecule has 1 aromatic heterocycles. The molecule has 2 saturated heterocycles. The highest BCUT2D eigenvalue weighted by atomic mass is 32.1. The standard InChI is InChI=1S/C16H18FN3S/c17-13-3-1-11(2-4-13)15-10-21-16(19-15)20-8-6-14-12(9-20)5-7-18-14/h1-4,10,12,14,18H,5-9H2/t12-,14+/m1/s1. The lowest BCUT2D eigenvalue weighted by Gasteiger charge is -2.34. The Morgan fingerprint density at radius 2 is 2.10 bits per heavy atom. The minimum atomic E-state index is -0.204. The number of anilines is 1. The third kappa shape index (κ3) is 2.56. The summed E-state index contributed by atoms with van der Waals surface area (Å²) in [4.78, 5) is 7.16. The van der Waals surface area contributed by atoms with Gasteiger partial charge in [0.05, 0.1) is 5.69 Å². The van der Waals surface area contributed by atoms with Gasteiger partial charge < -0.3 is 10.2 Å². The van der Waals surface area contributed by atoms with Crippen molar-refractivity contribution in [3.8, 4) is 11.3 Å². The third-order valence-corrected chi connectivity index (χ3v) is 5.46. The molecule has 0 spiro atoms.